The highest BCUT2D eigenvalue weighted by molar-refractivity contribution is 5.76. The van der Waals surface area contributed by atoms with Crippen molar-refractivity contribution >= 4 is 11.9 Å². The summed E-state index contributed by atoms with van der Waals surface area (Å²) >= 11 is 0. The lowest BCUT2D eigenvalue weighted by Crippen LogP contribution is -2.34. The maximum atomic E-state index is 12.0. The van der Waals surface area contributed by atoms with Gasteiger partial charge < -0.3 is 14.8 Å². The molecule has 0 unspecified atom stereocenters. The molecule has 1 N–H and O–H groups in total. The van der Waals surface area contributed by atoms with Crippen LogP contribution in [0.4, 0.5) is 0 Å². The van der Waals surface area contributed by atoms with Crippen LogP contribution in [0.5, 0.6) is 0 Å². The number of hydrogen-bond acceptors (Lipinski definition) is 4. The molecule has 1 aromatic rings. The molecule has 0 heterocycles. The van der Waals surface area contributed by atoms with E-state index < -0.39 is 5.41 Å². The Bertz CT molecular complexity index is 442. The van der Waals surface area contributed by atoms with Crippen molar-refractivity contribution in [3.05, 3.63) is 35.9 Å². The van der Waals surface area contributed by atoms with E-state index in [0.717, 1.165) is 5.56 Å². The van der Waals surface area contributed by atoms with Gasteiger partial charge in [-0.05, 0) is 19.4 Å². The minimum absolute atomic E-state index is 0.0880. The van der Waals surface area contributed by atoms with Crippen LogP contribution in [0.3, 0.4) is 0 Å². The smallest absolute Gasteiger partial charge is 0.314 e. The zero-order valence-electron chi connectivity index (χ0n) is 12.1. The Balaban J connectivity index is 2.34. The third kappa shape index (κ3) is 5.84. The third-order valence-electron chi connectivity index (χ3n) is 2.65. The zero-order valence-corrected chi connectivity index (χ0v) is 12.1. The van der Waals surface area contributed by atoms with Crippen molar-refractivity contribution in [2.75, 3.05) is 13.3 Å². The van der Waals surface area contributed by atoms with Crippen LogP contribution in [-0.4, -0.2) is 25.2 Å². The van der Waals surface area contributed by atoms with Gasteiger partial charge in [-0.2, -0.15) is 0 Å². The lowest BCUT2D eigenvalue weighted by Gasteiger charge is -2.22. The maximum absolute atomic E-state index is 12.0. The van der Waals surface area contributed by atoms with Crippen molar-refractivity contribution in [2.24, 2.45) is 5.41 Å². The van der Waals surface area contributed by atoms with Gasteiger partial charge in [-0.1, -0.05) is 30.3 Å². The molecule has 0 aliphatic heterocycles. The van der Waals surface area contributed by atoms with E-state index in [9.17, 15) is 9.59 Å². The Morgan fingerprint density at radius 1 is 1.20 bits per heavy atom. The van der Waals surface area contributed by atoms with Gasteiger partial charge >= 0.3 is 5.97 Å². The van der Waals surface area contributed by atoms with E-state index in [1.165, 1.54) is 6.92 Å². The average Bonchev–Trinajstić information content (AvgIpc) is 2.42. The van der Waals surface area contributed by atoms with Crippen molar-refractivity contribution in [3.8, 4) is 0 Å². The Kier molecular flexibility index (Phi) is 6.18. The molecule has 0 atom stereocenters. The molecule has 110 valence electrons. The molecule has 1 amide bonds. The molecular weight excluding hydrogens is 258 g/mol. The van der Waals surface area contributed by atoms with E-state index in [-0.39, 0.29) is 31.8 Å². The Hall–Kier alpha value is -1.88. The van der Waals surface area contributed by atoms with Gasteiger partial charge in [-0.3, -0.25) is 9.59 Å². The van der Waals surface area contributed by atoms with Crippen LogP contribution >= 0.6 is 0 Å². The number of ether oxygens (including phenoxy) is 2. The van der Waals surface area contributed by atoms with Crippen LogP contribution in [0.25, 0.3) is 0 Å². The summed E-state index contributed by atoms with van der Waals surface area (Å²) in [4.78, 5) is 22.7. The average molecular weight is 279 g/mol. The molecule has 5 nitrogen and oxygen atoms in total. The van der Waals surface area contributed by atoms with Crippen LogP contribution in [0.2, 0.25) is 0 Å². The number of carbonyl (C=O) groups excluding carboxylic acids is 2. The second-order valence-corrected chi connectivity index (χ2v) is 5.17. The van der Waals surface area contributed by atoms with E-state index in [1.54, 1.807) is 13.8 Å². The quantitative estimate of drug-likeness (QED) is 0.470. The first-order chi connectivity index (χ1) is 9.42. The summed E-state index contributed by atoms with van der Waals surface area (Å²) in [6, 6.07) is 9.49. The first-order valence-corrected chi connectivity index (χ1v) is 6.45. The van der Waals surface area contributed by atoms with E-state index >= 15 is 0 Å². The molecule has 0 radical (unpaired) electrons. The van der Waals surface area contributed by atoms with Crippen molar-refractivity contribution in [1.82, 2.24) is 5.32 Å². The fraction of sp³-hybridized carbons (Fsp3) is 0.467. The molecular formula is C15H21NO4. The van der Waals surface area contributed by atoms with Gasteiger partial charge in [0.1, 0.15) is 13.3 Å². The van der Waals surface area contributed by atoms with Crippen LogP contribution in [0.15, 0.2) is 30.3 Å². The summed E-state index contributed by atoms with van der Waals surface area (Å²) in [7, 11) is 0. The van der Waals surface area contributed by atoms with Crippen LogP contribution in [0, 0.1) is 5.41 Å². The summed E-state index contributed by atoms with van der Waals surface area (Å²) < 4.78 is 10.5. The third-order valence-corrected chi connectivity index (χ3v) is 2.65. The largest absolute Gasteiger partial charge is 0.460 e. The molecule has 5 heteroatoms. The Morgan fingerprint density at radius 3 is 2.45 bits per heavy atom. The minimum atomic E-state index is -0.757. The Morgan fingerprint density at radius 2 is 1.85 bits per heavy atom. The summed E-state index contributed by atoms with van der Waals surface area (Å²) in [5, 5.41) is 2.50. The van der Waals surface area contributed by atoms with E-state index in [0.29, 0.717) is 0 Å². The minimum Gasteiger partial charge on any atom is -0.460 e. The predicted octanol–water partition coefficient (Wildman–Crippen LogP) is 1.87. The molecule has 0 aliphatic carbocycles. The second-order valence-electron chi connectivity index (χ2n) is 5.17. The number of benzene rings is 1. The molecule has 1 aromatic carbocycles. The first-order valence-electron chi connectivity index (χ1n) is 6.45. The summed E-state index contributed by atoms with van der Waals surface area (Å²) in [6.07, 6.45) is 0. The van der Waals surface area contributed by atoms with Gasteiger partial charge in [0.15, 0.2) is 0 Å². The molecule has 20 heavy (non-hydrogen) atoms. The maximum Gasteiger partial charge on any atom is 0.314 e. The molecule has 1 rings (SSSR count). The highest BCUT2D eigenvalue weighted by Crippen LogP contribution is 2.18. The predicted molar refractivity (Wildman–Crippen MR) is 74.7 cm³/mol. The van der Waals surface area contributed by atoms with Crippen molar-refractivity contribution in [3.63, 3.8) is 0 Å². The molecule has 0 spiro atoms. The normalized spacial score (nSPS) is 10.9. The van der Waals surface area contributed by atoms with Gasteiger partial charge in [0.2, 0.25) is 5.91 Å². The first kappa shape index (κ1) is 16.2. The summed E-state index contributed by atoms with van der Waals surface area (Å²) in [5.74, 6) is -0.501. The molecule has 0 aromatic heterocycles. The number of carbonyl (C=O) groups is 2. The van der Waals surface area contributed by atoms with Gasteiger partial charge in [0.05, 0.1) is 12.0 Å². The molecule has 0 aliphatic rings. The summed E-state index contributed by atoms with van der Waals surface area (Å²) in [6.45, 7) is 5.41. The Labute approximate surface area is 119 Å². The zero-order chi connectivity index (χ0) is 15.0. The molecule has 0 saturated carbocycles. The number of esters is 1. The van der Waals surface area contributed by atoms with Crippen LogP contribution < -0.4 is 5.32 Å². The van der Waals surface area contributed by atoms with Crippen molar-refractivity contribution < 1.29 is 19.1 Å². The monoisotopic (exact) mass is 279 g/mol. The standard InChI is InChI=1S/C15H21NO4/c1-12(17)16-11-19-10-15(2,3)14(18)20-9-13-7-5-4-6-8-13/h4-8H,9-11H2,1-3H3,(H,16,17). The van der Waals surface area contributed by atoms with Gasteiger partial charge in [-0.25, -0.2) is 0 Å². The topological polar surface area (TPSA) is 64.6 Å². The van der Waals surface area contributed by atoms with Gasteiger partial charge in [0, 0.05) is 6.92 Å². The molecule has 0 bridgehead atoms. The summed E-state index contributed by atoms with van der Waals surface area (Å²) in [5.41, 5.74) is 0.184. The molecule has 0 fully saturated rings. The lowest BCUT2D eigenvalue weighted by atomic mass is 9.95. The number of amides is 1. The van der Waals surface area contributed by atoms with E-state index in [1.807, 2.05) is 30.3 Å². The van der Waals surface area contributed by atoms with Gasteiger partial charge in [-0.15, -0.1) is 0 Å². The SMILES string of the molecule is CC(=O)NCOCC(C)(C)C(=O)OCc1ccccc1. The fourth-order valence-electron chi connectivity index (χ4n) is 1.44. The van der Waals surface area contributed by atoms with Crippen LogP contribution in [0.1, 0.15) is 26.3 Å². The van der Waals surface area contributed by atoms with Crippen LogP contribution in [-0.2, 0) is 25.7 Å². The highest BCUT2D eigenvalue weighted by atomic mass is 16.5. The van der Waals surface area contributed by atoms with Gasteiger partial charge in [0.25, 0.3) is 0 Å². The fourth-order valence-corrected chi connectivity index (χ4v) is 1.44. The number of rotatable bonds is 7. The van der Waals surface area contributed by atoms with Crippen molar-refractivity contribution in [2.45, 2.75) is 27.4 Å². The second kappa shape index (κ2) is 7.65. The van der Waals surface area contributed by atoms with Crippen molar-refractivity contribution in [1.29, 1.82) is 0 Å². The highest BCUT2D eigenvalue weighted by Gasteiger charge is 2.29. The van der Waals surface area contributed by atoms with E-state index in [4.69, 9.17) is 9.47 Å². The molecule has 0 saturated heterocycles. The van der Waals surface area contributed by atoms with E-state index in [2.05, 4.69) is 5.32 Å². The number of nitrogens with one attached hydrogen (secondary N) is 1. The lowest BCUT2D eigenvalue weighted by molar-refractivity contribution is -0.159. The number of hydrogen-bond donors (Lipinski definition) is 1.